The average molecular weight is 272 g/mol. The van der Waals surface area contributed by atoms with Crippen LogP contribution < -0.4 is 5.32 Å². The largest absolute Gasteiger partial charge is 0.306 e. The van der Waals surface area contributed by atoms with E-state index in [-0.39, 0.29) is 0 Å². The van der Waals surface area contributed by atoms with Crippen LogP contribution in [0.15, 0.2) is 36.7 Å². The Bertz CT molecular complexity index is 545. The second-order valence-corrected chi connectivity index (χ2v) is 5.56. The number of nitrogens with one attached hydrogen (secondary N) is 1. The van der Waals surface area contributed by atoms with Crippen molar-refractivity contribution in [3.05, 3.63) is 53.3 Å². The van der Waals surface area contributed by atoms with E-state index in [4.69, 9.17) is 0 Å². The second-order valence-electron chi connectivity index (χ2n) is 5.56. The predicted molar refractivity (Wildman–Crippen MR) is 82.3 cm³/mol. The summed E-state index contributed by atoms with van der Waals surface area (Å²) in [6.45, 7) is 4.02. The molecule has 1 unspecified atom stereocenters. The fraction of sp³-hybridized carbons (Fsp3) is 0.438. The number of aromatic nitrogens is 2. The van der Waals surface area contributed by atoms with Crippen molar-refractivity contribution in [2.24, 2.45) is 7.05 Å². The summed E-state index contributed by atoms with van der Waals surface area (Å²) in [5, 5.41) is 7.79. The molecule has 0 aliphatic rings. The van der Waals surface area contributed by atoms with Gasteiger partial charge in [-0.1, -0.05) is 24.3 Å². The van der Waals surface area contributed by atoms with Gasteiger partial charge in [-0.05, 0) is 32.1 Å². The van der Waals surface area contributed by atoms with Crippen molar-refractivity contribution in [3.8, 4) is 0 Å². The maximum Gasteiger partial charge on any atom is 0.0537 e. The molecule has 0 aliphatic heterocycles. The highest BCUT2D eigenvalue weighted by molar-refractivity contribution is 5.27. The summed E-state index contributed by atoms with van der Waals surface area (Å²) in [6, 6.07) is 8.90. The molecule has 0 radical (unpaired) electrons. The highest BCUT2D eigenvalue weighted by Crippen LogP contribution is 2.14. The average Bonchev–Trinajstić information content (AvgIpc) is 2.83. The summed E-state index contributed by atoms with van der Waals surface area (Å²) >= 11 is 0. The Morgan fingerprint density at radius 1 is 1.25 bits per heavy atom. The van der Waals surface area contributed by atoms with Crippen molar-refractivity contribution in [3.63, 3.8) is 0 Å². The van der Waals surface area contributed by atoms with Crippen molar-refractivity contribution in [2.45, 2.75) is 26.1 Å². The highest BCUT2D eigenvalue weighted by atomic mass is 15.2. The molecule has 0 bridgehead atoms. The quantitative estimate of drug-likeness (QED) is 0.876. The molecular formula is C16H24N4. The Morgan fingerprint density at radius 3 is 2.55 bits per heavy atom. The minimum absolute atomic E-state index is 0.302. The lowest BCUT2D eigenvalue weighted by Crippen LogP contribution is -2.20. The normalized spacial score (nSPS) is 12.8. The molecule has 108 valence electrons. The molecule has 1 N–H and O–H groups in total. The van der Waals surface area contributed by atoms with Gasteiger partial charge in [0, 0.05) is 37.9 Å². The first kappa shape index (κ1) is 14.8. The van der Waals surface area contributed by atoms with Gasteiger partial charge in [0.2, 0.25) is 0 Å². The number of hydrogen-bond donors (Lipinski definition) is 1. The Kier molecular flexibility index (Phi) is 4.93. The second kappa shape index (κ2) is 6.68. The molecule has 0 saturated heterocycles. The molecule has 20 heavy (non-hydrogen) atoms. The lowest BCUT2D eigenvalue weighted by molar-refractivity contribution is 0.400. The van der Waals surface area contributed by atoms with E-state index in [0.29, 0.717) is 6.04 Å². The van der Waals surface area contributed by atoms with Crippen LogP contribution in [-0.2, 0) is 20.1 Å². The van der Waals surface area contributed by atoms with E-state index in [1.807, 2.05) is 17.9 Å². The molecule has 1 atom stereocenters. The SMILES string of the molecule is CC(NCc1ccccc1CN(C)C)c1cnn(C)c1. The fourth-order valence-corrected chi connectivity index (χ4v) is 2.27. The molecule has 0 spiro atoms. The number of aryl methyl sites for hydroxylation is 1. The molecule has 1 aromatic heterocycles. The zero-order valence-corrected chi connectivity index (χ0v) is 12.8. The highest BCUT2D eigenvalue weighted by Gasteiger charge is 2.08. The van der Waals surface area contributed by atoms with Crippen LogP contribution >= 0.6 is 0 Å². The van der Waals surface area contributed by atoms with Crippen LogP contribution in [0.3, 0.4) is 0 Å². The first-order valence-electron chi connectivity index (χ1n) is 6.99. The van der Waals surface area contributed by atoms with Gasteiger partial charge in [-0.15, -0.1) is 0 Å². The summed E-state index contributed by atoms with van der Waals surface area (Å²) < 4.78 is 1.84. The fourth-order valence-electron chi connectivity index (χ4n) is 2.27. The molecule has 4 nitrogen and oxygen atoms in total. The van der Waals surface area contributed by atoms with E-state index < -0.39 is 0 Å². The minimum atomic E-state index is 0.302. The number of hydrogen-bond acceptors (Lipinski definition) is 3. The number of benzene rings is 1. The third-order valence-corrected chi connectivity index (χ3v) is 3.43. The zero-order chi connectivity index (χ0) is 14.5. The third kappa shape index (κ3) is 3.92. The van der Waals surface area contributed by atoms with E-state index in [2.05, 4.69) is 66.8 Å². The van der Waals surface area contributed by atoms with Crippen LogP contribution in [0.25, 0.3) is 0 Å². The van der Waals surface area contributed by atoms with Gasteiger partial charge in [-0.2, -0.15) is 5.10 Å². The van der Waals surface area contributed by atoms with E-state index in [1.54, 1.807) is 0 Å². The smallest absolute Gasteiger partial charge is 0.0537 e. The van der Waals surface area contributed by atoms with Gasteiger partial charge in [0.1, 0.15) is 0 Å². The topological polar surface area (TPSA) is 33.1 Å². The zero-order valence-electron chi connectivity index (χ0n) is 12.8. The minimum Gasteiger partial charge on any atom is -0.306 e. The van der Waals surface area contributed by atoms with Gasteiger partial charge in [0.15, 0.2) is 0 Å². The standard InChI is InChI=1S/C16H24N4/c1-13(16-10-18-20(4)12-16)17-9-14-7-5-6-8-15(14)11-19(2)3/h5-8,10,12-13,17H,9,11H2,1-4H3. The van der Waals surface area contributed by atoms with Gasteiger partial charge < -0.3 is 10.2 Å². The molecule has 4 heteroatoms. The maximum absolute atomic E-state index is 4.22. The molecule has 0 amide bonds. The monoisotopic (exact) mass is 272 g/mol. The maximum atomic E-state index is 4.22. The Morgan fingerprint density at radius 2 is 1.95 bits per heavy atom. The molecule has 1 aromatic carbocycles. The molecule has 0 aliphatic carbocycles. The summed E-state index contributed by atoms with van der Waals surface area (Å²) in [4.78, 5) is 2.20. The van der Waals surface area contributed by atoms with Gasteiger partial charge in [0.05, 0.1) is 6.20 Å². The van der Waals surface area contributed by atoms with Crippen molar-refractivity contribution >= 4 is 0 Å². The van der Waals surface area contributed by atoms with Crippen LogP contribution in [0.5, 0.6) is 0 Å². The van der Waals surface area contributed by atoms with Crippen LogP contribution in [0.4, 0.5) is 0 Å². The molecule has 2 aromatic rings. The predicted octanol–water partition coefficient (Wildman–Crippen LogP) is 2.33. The molecule has 1 heterocycles. The Hall–Kier alpha value is -1.65. The summed E-state index contributed by atoms with van der Waals surface area (Å²) in [6.07, 6.45) is 3.98. The Labute approximate surface area is 121 Å². The van der Waals surface area contributed by atoms with Crippen molar-refractivity contribution in [1.29, 1.82) is 0 Å². The first-order chi connectivity index (χ1) is 9.56. The Balaban J connectivity index is 2.00. The van der Waals surface area contributed by atoms with Gasteiger partial charge in [-0.3, -0.25) is 4.68 Å². The third-order valence-electron chi connectivity index (χ3n) is 3.43. The van der Waals surface area contributed by atoms with E-state index in [9.17, 15) is 0 Å². The van der Waals surface area contributed by atoms with Crippen molar-refractivity contribution < 1.29 is 0 Å². The summed E-state index contributed by atoms with van der Waals surface area (Å²) in [5.74, 6) is 0. The molecule has 0 fully saturated rings. The van der Waals surface area contributed by atoms with E-state index in [1.165, 1.54) is 16.7 Å². The molecule has 0 saturated carbocycles. The van der Waals surface area contributed by atoms with Crippen molar-refractivity contribution in [1.82, 2.24) is 20.0 Å². The van der Waals surface area contributed by atoms with E-state index >= 15 is 0 Å². The van der Waals surface area contributed by atoms with E-state index in [0.717, 1.165) is 13.1 Å². The van der Waals surface area contributed by atoms with Crippen LogP contribution in [-0.4, -0.2) is 28.8 Å². The summed E-state index contributed by atoms with van der Waals surface area (Å²) in [5.41, 5.74) is 3.96. The first-order valence-corrected chi connectivity index (χ1v) is 6.99. The van der Waals surface area contributed by atoms with Crippen molar-refractivity contribution in [2.75, 3.05) is 14.1 Å². The van der Waals surface area contributed by atoms with Crippen LogP contribution in [0.1, 0.15) is 29.7 Å². The van der Waals surface area contributed by atoms with Crippen LogP contribution in [0.2, 0.25) is 0 Å². The van der Waals surface area contributed by atoms with Gasteiger partial charge in [0.25, 0.3) is 0 Å². The van der Waals surface area contributed by atoms with Gasteiger partial charge in [-0.25, -0.2) is 0 Å². The molecule has 2 rings (SSSR count). The number of rotatable bonds is 6. The number of nitrogens with zero attached hydrogens (tertiary/aromatic N) is 3. The van der Waals surface area contributed by atoms with Gasteiger partial charge >= 0.3 is 0 Å². The lowest BCUT2D eigenvalue weighted by atomic mass is 10.1. The van der Waals surface area contributed by atoms with Crippen LogP contribution in [0, 0.1) is 0 Å². The summed E-state index contributed by atoms with van der Waals surface area (Å²) in [7, 11) is 6.15. The molecular weight excluding hydrogens is 248 g/mol. The lowest BCUT2D eigenvalue weighted by Gasteiger charge is -2.17.